The van der Waals surface area contributed by atoms with Crippen molar-refractivity contribution < 1.29 is 23.5 Å². The van der Waals surface area contributed by atoms with E-state index in [-0.39, 0.29) is 23.5 Å². The molecule has 1 aromatic heterocycles. The Kier molecular flexibility index (Phi) is 6.01. The number of fused-ring (bicyclic) bond motifs is 3. The number of Topliss-reactive ketones (excluding diaryl/α,β-unsaturated/α-hetero) is 1. The summed E-state index contributed by atoms with van der Waals surface area (Å²) in [5, 5.41) is 4.23. The number of rotatable bonds is 4. The largest absolute Gasteiger partial charge is 0.437 e. The number of benzene rings is 3. The Morgan fingerprint density at radius 3 is 2.61 bits per heavy atom. The van der Waals surface area contributed by atoms with Crippen LogP contribution in [-0.2, 0) is 16.9 Å². The molecule has 1 N–H and O–H groups in total. The van der Waals surface area contributed by atoms with Gasteiger partial charge in [-0.25, -0.2) is 14.1 Å². The van der Waals surface area contributed by atoms with Crippen LogP contribution in [0.5, 0.6) is 0 Å². The van der Waals surface area contributed by atoms with Crippen molar-refractivity contribution in [2.75, 3.05) is 18.0 Å². The second kappa shape index (κ2) is 9.38. The van der Waals surface area contributed by atoms with Gasteiger partial charge in [0.2, 0.25) is 0 Å². The SMILES string of the molecule is O=C(Cn1cc(C(=O)N2C(=O)OC3(CCNCC3)c3ccccc32)c2ccc(Cl)cc21)c1cccc(F)c1. The summed E-state index contributed by atoms with van der Waals surface area (Å²) in [7, 11) is 0. The number of halogens is 2. The molecule has 9 heteroatoms. The summed E-state index contributed by atoms with van der Waals surface area (Å²) in [6.45, 7) is 1.25. The minimum atomic E-state index is -0.783. The van der Waals surface area contributed by atoms with Gasteiger partial charge >= 0.3 is 6.09 Å². The van der Waals surface area contributed by atoms with Crippen molar-refractivity contribution >= 4 is 46.0 Å². The fourth-order valence-electron chi connectivity index (χ4n) is 5.41. The highest BCUT2D eigenvalue weighted by molar-refractivity contribution is 6.31. The minimum absolute atomic E-state index is 0.148. The zero-order chi connectivity index (χ0) is 26.4. The first kappa shape index (κ1) is 24.3. The van der Waals surface area contributed by atoms with Gasteiger partial charge in [-0.1, -0.05) is 48.0 Å². The summed E-state index contributed by atoms with van der Waals surface area (Å²) in [6.07, 6.45) is 2.02. The Balaban J connectivity index is 1.42. The lowest BCUT2D eigenvalue weighted by atomic mass is 9.82. The molecule has 192 valence electrons. The molecule has 0 bridgehead atoms. The van der Waals surface area contributed by atoms with Crippen molar-refractivity contribution in [2.45, 2.75) is 25.0 Å². The highest BCUT2D eigenvalue weighted by Crippen LogP contribution is 2.45. The molecule has 7 nitrogen and oxygen atoms in total. The monoisotopic (exact) mass is 531 g/mol. The fourth-order valence-corrected chi connectivity index (χ4v) is 5.58. The summed E-state index contributed by atoms with van der Waals surface area (Å²) in [5.74, 6) is -1.42. The second-order valence-corrected chi connectivity index (χ2v) is 9.97. The van der Waals surface area contributed by atoms with Gasteiger partial charge < -0.3 is 14.6 Å². The zero-order valence-corrected chi connectivity index (χ0v) is 21.0. The number of ketones is 1. The van der Waals surface area contributed by atoms with Crippen molar-refractivity contribution in [1.82, 2.24) is 9.88 Å². The number of amides is 2. The summed E-state index contributed by atoms with van der Waals surface area (Å²) in [6, 6.07) is 17.7. The summed E-state index contributed by atoms with van der Waals surface area (Å²) >= 11 is 6.25. The van der Waals surface area contributed by atoms with Gasteiger partial charge in [0.25, 0.3) is 5.91 Å². The molecule has 0 atom stereocenters. The van der Waals surface area contributed by atoms with Crippen molar-refractivity contribution in [1.29, 1.82) is 0 Å². The van der Waals surface area contributed by atoms with Gasteiger partial charge in [-0.05, 0) is 43.4 Å². The Morgan fingerprint density at radius 2 is 1.82 bits per heavy atom. The molecular weight excluding hydrogens is 509 g/mol. The fraction of sp³-hybridized carbons (Fsp3) is 0.207. The quantitative estimate of drug-likeness (QED) is 0.342. The van der Waals surface area contributed by atoms with Crippen LogP contribution < -0.4 is 10.2 Å². The number of piperidine rings is 1. The molecule has 1 spiro atoms. The molecule has 3 heterocycles. The maximum atomic E-state index is 14.0. The molecule has 4 aromatic rings. The van der Waals surface area contributed by atoms with E-state index in [0.717, 1.165) is 10.5 Å². The van der Waals surface area contributed by atoms with Gasteiger partial charge in [-0.15, -0.1) is 0 Å². The standard InChI is InChI=1S/C29H23ClFN3O4/c30-19-8-9-21-22(16-33(25(21)15-19)17-26(35)18-4-3-5-20(31)14-18)27(36)34-24-7-2-1-6-23(24)29(38-28(34)37)10-12-32-13-11-29/h1-9,14-16,32H,10-13,17H2. The first-order valence-corrected chi connectivity index (χ1v) is 12.7. The van der Waals surface area contributed by atoms with Crippen molar-refractivity contribution in [3.63, 3.8) is 0 Å². The van der Waals surface area contributed by atoms with Crippen molar-refractivity contribution in [3.05, 3.63) is 100 Å². The van der Waals surface area contributed by atoms with Crippen LogP contribution in [-0.4, -0.2) is 35.4 Å². The van der Waals surface area contributed by atoms with E-state index >= 15 is 0 Å². The number of carbonyl (C=O) groups excluding carboxylic acids is 3. The van der Waals surface area contributed by atoms with E-state index in [1.54, 1.807) is 34.9 Å². The predicted molar refractivity (Wildman–Crippen MR) is 141 cm³/mol. The molecule has 3 aromatic carbocycles. The van der Waals surface area contributed by atoms with Crippen LogP contribution in [0.3, 0.4) is 0 Å². The smallest absolute Gasteiger partial charge is 0.422 e. The Bertz CT molecular complexity index is 1610. The van der Waals surface area contributed by atoms with Crippen LogP contribution in [0.1, 0.15) is 39.1 Å². The maximum absolute atomic E-state index is 14.0. The molecule has 0 unspecified atom stereocenters. The molecule has 1 saturated heterocycles. The molecule has 38 heavy (non-hydrogen) atoms. The first-order valence-electron chi connectivity index (χ1n) is 12.3. The minimum Gasteiger partial charge on any atom is -0.437 e. The van der Waals surface area contributed by atoms with E-state index in [1.165, 1.54) is 30.5 Å². The number of carbonyl (C=O) groups is 3. The first-order chi connectivity index (χ1) is 18.4. The lowest BCUT2D eigenvalue weighted by Crippen LogP contribution is -2.52. The molecule has 1 fully saturated rings. The maximum Gasteiger partial charge on any atom is 0.422 e. The third-order valence-electron chi connectivity index (χ3n) is 7.25. The average molecular weight is 532 g/mol. The van der Waals surface area contributed by atoms with E-state index in [9.17, 15) is 18.8 Å². The number of hydrogen-bond donors (Lipinski definition) is 1. The van der Waals surface area contributed by atoms with Gasteiger partial charge in [0.05, 0.1) is 23.3 Å². The van der Waals surface area contributed by atoms with E-state index in [1.807, 2.05) is 12.1 Å². The van der Waals surface area contributed by atoms with Gasteiger partial charge in [-0.2, -0.15) is 0 Å². The highest BCUT2D eigenvalue weighted by Gasteiger charge is 2.47. The van der Waals surface area contributed by atoms with E-state index < -0.39 is 23.4 Å². The predicted octanol–water partition coefficient (Wildman–Crippen LogP) is 5.69. The molecule has 2 amide bonds. The van der Waals surface area contributed by atoms with Gasteiger partial charge in [0.1, 0.15) is 11.4 Å². The number of para-hydroxylation sites is 1. The van der Waals surface area contributed by atoms with Crippen LogP contribution >= 0.6 is 11.6 Å². The third kappa shape index (κ3) is 4.06. The summed E-state index contributed by atoms with van der Waals surface area (Å²) in [4.78, 5) is 41.4. The van der Waals surface area contributed by atoms with Crippen LogP contribution in [0, 0.1) is 5.82 Å². The molecule has 6 rings (SSSR count). The average Bonchev–Trinajstić information content (AvgIpc) is 3.26. The number of ether oxygens (including phenoxy) is 1. The topological polar surface area (TPSA) is 80.6 Å². The van der Waals surface area contributed by atoms with Crippen molar-refractivity contribution in [3.8, 4) is 0 Å². The second-order valence-electron chi connectivity index (χ2n) is 9.54. The summed E-state index contributed by atoms with van der Waals surface area (Å²) < 4.78 is 21.3. The normalized spacial score (nSPS) is 16.4. The van der Waals surface area contributed by atoms with Gasteiger partial charge in [-0.3, -0.25) is 9.59 Å². The number of nitrogens with one attached hydrogen (secondary N) is 1. The number of imide groups is 1. The zero-order valence-electron chi connectivity index (χ0n) is 20.2. The van der Waals surface area contributed by atoms with Crippen LogP contribution in [0.25, 0.3) is 10.9 Å². The van der Waals surface area contributed by atoms with Crippen LogP contribution in [0.2, 0.25) is 5.02 Å². The van der Waals surface area contributed by atoms with E-state index in [2.05, 4.69) is 5.32 Å². The molecule has 0 aliphatic carbocycles. The Labute approximate surface area is 222 Å². The summed E-state index contributed by atoms with van der Waals surface area (Å²) in [5.41, 5.74) is 1.47. The van der Waals surface area contributed by atoms with E-state index in [0.29, 0.717) is 47.5 Å². The lowest BCUT2D eigenvalue weighted by Gasteiger charge is -2.44. The van der Waals surface area contributed by atoms with Gasteiger partial charge in [0.15, 0.2) is 5.78 Å². The molecular formula is C29H23ClFN3O4. The molecule has 0 radical (unpaired) electrons. The molecule has 2 aliphatic heterocycles. The Hall–Kier alpha value is -4.01. The van der Waals surface area contributed by atoms with Crippen LogP contribution in [0.4, 0.5) is 14.9 Å². The Morgan fingerprint density at radius 1 is 1.03 bits per heavy atom. The molecule has 2 aliphatic rings. The number of nitrogens with zero attached hydrogens (tertiary/aromatic N) is 2. The number of aromatic nitrogens is 1. The number of anilines is 1. The van der Waals surface area contributed by atoms with Crippen molar-refractivity contribution in [2.24, 2.45) is 0 Å². The van der Waals surface area contributed by atoms with E-state index in [4.69, 9.17) is 16.3 Å². The molecule has 0 saturated carbocycles. The highest BCUT2D eigenvalue weighted by atomic mass is 35.5. The lowest BCUT2D eigenvalue weighted by molar-refractivity contribution is -0.0170. The van der Waals surface area contributed by atoms with Crippen LogP contribution in [0.15, 0.2) is 72.9 Å². The van der Waals surface area contributed by atoms with Gasteiger partial charge in [0, 0.05) is 40.6 Å². The third-order valence-corrected chi connectivity index (χ3v) is 7.49. The number of hydrogen-bond acceptors (Lipinski definition) is 5.